The Morgan fingerprint density at radius 1 is 1.47 bits per heavy atom. The maximum absolute atomic E-state index is 11.9. The van der Waals surface area contributed by atoms with Gasteiger partial charge in [0.05, 0.1) is 4.90 Å². The predicted octanol–water partition coefficient (Wildman–Crippen LogP) is -0.186. The quantitative estimate of drug-likeness (QED) is 0.660. The number of hydrogen-bond donors (Lipinski definition) is 3. The van der Waals surface area contributed by atoms with E-state index in [9.17, 15) is 13.2 Å². The van der Waals surface area contributed by atoms with E-state index < -0.39 is 10.0 Å². The van der Waals surface area contributed by atoms with E-state index in [4.69, 9.17) is 5.11 Å². The average molecular weight is 260 g/mol. The van der Waals surface area contributed by atoms with Gasteiger partial charge in [0.15, 0.2) is 0 Å². The standard InChI is InChI=1S/C10H16N2O4S/c1-2-8(5-6-13)12-17(15,16)9-3-4-10(14)11-7-9/h3-4,7-8,12-13H,2,5-6H2,1H3,(H,11,14). The molecule has 0 radical (unpaired) electrons. The van der Waals surface area contributed by atoms with Crippen molar-refractivity contribution in [2.75, 3.05) is 6.61 Å². The van der Waals surface area contributed by atoms with E-state index >= 15 is 0 Å². The zero-order chi connectivity index (χ0) is 12.9. The molecule has 0 saturated carbocycles. The SMILES string of the molecule is CCC(CCO)NS(=O)(=O)c1ccc(=O)[nH]c1. The van der Waals surface area contributed by atoms with Crippen LogP contribution < -0.4 is 10.3 Å². The molecule has 0 spiro atoms. The minimum atomic E-state index is -3.64. The number of aliphatic hydroxyl groups is 1. The molecule has 0 aliphatic carbocycles. The number of pyridine rings is 1. The van der Waals surface area contributed by atoms with Crippen molar-refractivity contribution in [3.05, 3.63) is 28.7 Å². The Morgan fingerprint density at radius 3 is 2.65 bits per heavy atom. The molecule has 6 nitrogen and oxygen atoms in total. The fourth-order valence-corrected chi connectivity index (χ4v) is 2.67. The maximum atomic E-state index is 11.9. The molecular weight excluding hydrogens is 244 g/mol. The summed E-state index contributed by atoms with van der Waals surface area (Å²) in [7, 11) is -3.64. The van der Waals surface area contributed by atoms with Crippen LogP contribution in [-0.4, -0.2) is 31.2 Å². The Hall–Kier alpha value is -1.18. The molecule has 0 saturated heterocycles. The first-order chi connectivity index (χ1) is 7.99. The summed E-state index contributed by atoms with van der Waals surface area (Å²) in [5.74, 6) is 0. The molecule has 1 aromatic heterocycles. The molecule has 0 aromatic carbocycles. The molecule has 0 fully saturated rings. The van der Waals surface area contributed by atoms with Gasteiger partial charge in [-0.1, -0.05) is 6.92 Å². The predicted molar refractivity (Wildman–Crippen MR) is 63.2 cm³/mol. The number of hydrogen-bond acceptors (Lipinski definition) is 4. The highest BCUT2D eigenvalue weighted by Crippen LogP contribution is 2.08. The van der Waals surface area contributed by atoms with Crippen LogP contribution in [0.2, 0.25) is 0 Å². The molecule has 0 bridgehead atoms. The van der Waals surface area contributed by atoms with Crippen molar-refractivity contribution in [1.82, 2.24) is 9.71 Å². The summed E-state index contributed by atoms with van der Waals surface area (Å²) in [4.78, 5) is 13.1. The van der Waals surface area contributed by atoms with Crippen LogP contribution in [0.1, 0.15) is 19.8 Å². The number of rotatable bonds is 6. The van der Waals surface area contributed by atoms with E-state index in [0.29, 0.717) is 12.8 Å². The van der Waals surface area contributed by atoms with Crippen LogP contribution in [-0.2, 0) is 10.0 Å². The first kappa shape index (κ1) is 13.9. The Labute approximate surface area is 99.7 Å². The zero-order valence-electron chi connectivity index (χ0n) is 9.51. The topological polar surface area (TPSA) is 99.3 Å². The van der Waals surface area contributed by atoms with Gasteiger partial charge in [-0.3, -0.25) is 4.79 Å². The van der Waals surface area contributed by atoms with Crippen molar-refractivity contribution in [3.8, 4) is 0 Å². The van der Waals surface area contributed by atoms with Crippen LogP contribution >= 0.6 is 0 Å². The summed E-state index contributed by atoms with van der Waals surface area (Å²) in [5.41, 5.74) is -0.355. The number of nitrogens with one attached hydrogen (secondary N) is 2. The van der Waals surface area contributed by atoms with E-state index in [1.54, 1.807) is 0 Å². The van der Waals surface area contributed by atoms with Gasteiger partial charge < -0.3 is 10.1 Å². The summed E-state index contributed by atoms with van der Waals surface area (Å²) < 4.78 is 26.2. The lowest BCUT2D eigenvalue weighted by atomic mass is 10.2. The van der Waals surface area contributed by atoms with E-state index in [1.807, 2.05) is 6.92 Å². The number of aliphatic hydroxyl groups excluding tert-OH is 1. The summed E-state index contributed by atoms with van der Waals surface area (Å²) in [6.07, 6.45) is 2.10. The fourth-order valence-electron chi connectivity index (χ4n) is 1.35. The van der Waals surface area contributed by atoms with Gasteiger partial charge in [0.2, 0.25) is 15.6 Å². The minimum absolute atomic E-state index is 0.00786. The van der Waals surface area contributed by atoms with Crippen molar-refractivity contribution >= 4 is 10.0 Å². The van der Waals surface area contributed by atoms with E-state index in [1.165, 1.54) is 6.07 Å². The van der Waals surface area contributed by atoms with E-state index in [2.05, 4.69) is 9.71 Å². The largest absolute Gasteiger partial charge is 0.396 e. The molecule has 0 aliphatic heterocycles. The van der Waals surface area contributed by atoms with Crippen molar-refractivity contribution in [1.29, 1.82) is 0 Å². The van der Waals surface area contributed by atoms with Crippen molar-refractivity contribution in [2.24, 2.45) is 0 Å². The van der Waals surface area contributed by atoms with E-state index in [0.717, 1.165) is 12.3 Å². The molecule has 1 heterocycles. The fraction of sp³-hybridized carbons (Fsp3) is 0.500. The van der Waals surface area contributed by atoms with Crippen molar-refractivity contribution < 1.29 is 13.5 Å². The van der Waals surface area contributed by atoms with Crippen molar-refractivity contribution in [3.63, 3.8) is 0 Å². The molecular formula is C10H16N2O4S. The molecule has 0 amide bonds. The summed E-state index contributed by atoms with van der Waals surface area (Å²) >= 11 is 0. The molecule has 7 heteroatoms. The first-order valence-electron chi connectivity index (χ1n) is 5.31. The van der Waals surface area contributed by atoms with Gasteiger partial charge in [0, 0.05) is 24.9 Å². The first-order valence-corrected chi connectivity index (χ1v) is 6.80. The second-order valence-electron chi connectivity index (χ2n) is 3.63. The van der Waals surface area contributed by atoms with Crippen LogP contribution in [0.15, 0.2) is 28.0 Å². The molecule has 1 aromatic rings. The average Bonchev–Trinajstić information content (AvgIpc) is 2.28. The Kier molecular flexibility index (Phi) is 4.86. The van der Waals surface area contributed by atoms with Gasteiger partial charge in [0.25, 0.3) is 0 Å². The summed E-state index contributed by atoms with van der Waals surface area (Å²) in [5, 5.41) is 8.79. The van der Waals surface area contributed by atoms with Crippen LogP contribution in [0.4, 0.5) is 0 Å². The molecule has 17 heavy (non-hydrogen) atoms. The third-order valence-electron chi connectivity index (χ3n) is 2.36. The van der Waals surface area contributed by atoms with Gasteiger partial charge in [-0.25, -0.2) is 13.1 Å². The summed E-state index contributed by atoms with van der Waals surface area (Å²) in [6, 6.07) is 2.09. The molecule has 1 atom stereocenters. The Morgan fingerprint density at radius 2 is 2.18 bits per heavy atom. The maximum Gasteiger partial charge on any atom is 0.247 e. The van der Waals surface area contributed by atoms with Crippen LogP contribution in [0.3, 0.4) is 0 Å². The number of aromatic nitrogens is 1. The molecule has 1 rings (SSSR count). The minimum Gasteiger partial charge on any atom is -0.396 e. The van der Waals surface area contributed by atoms with Gasteiger partial charge in [-0.05, 0) is 18.9 Å². The summed E-state index contributed by atoms with van der Waals surface area (Å²) in [6.45, 7) is 1.75. The lowest BCUT2D eigenvalue weighted by molar-refractivity contribution is 0.270. The van der Waals surface area contributed by atoms with Crippen LogP contribution in [0.25, 0.3) is 0 Å². The molecule has 1 unspecified atom stereocenters. The molecule has 3 N–H and O–H groups in total. The highest BCUT2D eigenvalue weighted by molar-refractivity contribution is 7.89. The number of H-pyrrole nitrogens is 1. The lowest BCUT2D eigenvalue weighted by Crippen LogP contribution is -2.35. The van der Waals surface area contributed by atoms with E-state index in [-0.39, 0.29) is 23.1 Å². The monoisotopic (exact) mass is 260 g/mol. The highest BCUT2D eigenvalue weighted by atomic mass is 32.2. The third kappa shape index (κ3) is 3.95. The van der Waals surface area contributed by atoms with Crippen LogP contribution in [0, 0.1) is 0 Å². The van der Waals surface area contributed by atoms with Gasteiger partial charge in [-0.15, -0.1) is 0 Å². The lowest BCUT2D eigenvalue weighted by Gasteiger charge is -2.15. The second-order valence-corrected chi connectivity index (χ2v) is 5.34. The zero-order valence-corrected chi connectivity index (χ0v) is 10.3. The van der Waals surface area contributed by atoms with Gasteiger partial charge >= 0.3 is 0 Å². The Bertz CT molecular complexity index is 489. The molecule has 0 aliphatic rings. The smallest absolute Gasteiger partial charge is 0.247 e. The van der Waals surface area contributed by atoms with Gasteiger partial charge in [0.1, 0.15) is 0 Å². The highest BCUT2D eigenvalue weighted by Gasteiger charge is 2.18. The molecule has 96 valence electrons. The van der Waals surface area contributed by atoms with Crippen LogP contribution in [0.5, 0.6) is 0 Å². The normalized spacial score (nSPS) is 13.5. The number of aromatic amines is 1. The van der Waals surface area contributed by atoms with Gasteiger partial charge in [-0.2, -0.15) is 0 Å². The number of sulfonamides is 1. The third-order valence-corrected chi connectivity index (χ3v) is 3.88. The second kappa shape index (κ2) is 5.95. The van der Waals surface area contributed by atoms with Crippen molar-refractivity contribution in [2.45, 2.75) is 30.7 Å². The Balaban J connectivity index is 2.88.